The Labute approximate surface area is 124 Å². The Hall–Kier alpha value is -1.93. The summed E-state index contributed by atoms with van der Waals surface area (Å²) >= 11 is 0. The van der Waals surface area contributed by atoms with Crippen molar-refractivity contribution in [3.05, 3.63) is 77.6 Å². The summed E-state index contributed by atoms with van der Waals surface area (Å²) in [4.78, 5) is 2.42. The molecule has 0 amide bonds. The lowest BCUT2D eigenvalue weighted by Crippen LogP contribution is -2.21. The van der Waals surface area contributed by atoms with Crippen molar-refractivity contribution in [1.82, 2.24) is 4.90 Å². The van der Waals surface area contributed by atoms with Gasteiger partial charge in [0.15, 0.2) is 0 Å². The minimum Gasteiger partial charge on any atom is -0.298 e. The van der Waals surface area contributed by atoms with Crippen LogP contribution in [0.2, 0.25) is 0 Å². The van der Waals surface area contributed by atoms with Crippen LogP contribution in [0.3, 0.4) is 0 Å². The van der Waals surface area contributed by atoms with E-state index in [0.29, 0.717) is 5.92 Å². The summed E-state index contributed by atoms with van der Waals surface area (Å²) in [7, 11) is 0. The van der Waals surface area contributed by atoms with E-state index in [2.05, 4.69) is 35.7 Å². The predicted molar refractivity (Wildman–Crippen MR) is 83.4 cm³/mol. The number of hydrogen-bond donors (Lipinski definition) is 0. The molecule has 1 fully saturated rings. The molecular weight excluding hydrogens is 261 g/mol. The Morgan fingerprint density at radius 3 is 2.57 bits per heavy atom. The molecule has 2 unspecified atom stereocenters. The Morgan fingerprint density at radius 2 is 1.76 bits per heavy atom. The van der Waals surface area contributed by atoms with Crippen LogP contribution in [0.15, 0.2) is 55.1 Å². The molecule has 106 valence electrons. The van der Waals surface area contributed by atoms with E-state index in [1.807, 2.05) is 12.1 Å². The molecule has 0 aromatic heterocycles. The maximum atomic E-state index is 14.2. The van der Waals surface area contributed by atoms with Crippen LogP contribution < -0.4 is 0 Å². The topological polar surface area (TPSA) is 3.24 Å². The second-order valence-corrected chi connectivity index (χ2v) is 6.12. The molecule has 0 N–H and O–H groups in total. The molecule has 2 heteroatoms. The lowest BCUT2D eigenvalue weighted by atomic mass is 9.95. The zero-order valence-electron chi connectivity index (χ0n) is 11.9. The van der Waals surface area contributed by atoms with Gasteiger partial charge in [-0.1, -0.05) is 49.0 Å². The summed E-state index contributed by atoms with van der Waals surface area (Å²) in [5, 5.41) is 0. The maximum absolute atomic E-state index is 14.2. The zero-order valence-corrected chi connectivity index (χ0v) is 11.9. The third-order valence-corrected chi connectivity index (χ3v) is 4.86. The minimum atomic E-state index is -0.0669. The fourth-order valence-electron chi connectivity index (χ4n) is 3.90. The molecule has 2 aliphatic rings. The summed E-state index contributed by atoms with van der Waals surface area (Å²) in [6, 6.07) is 15.9. The number of hydrogen-bond acceptors (Lipinski definition) is 1. The second kappa shape index (κ2) is 4.81. The number of benzene rings is 2. The third kappa shape index (κ3) is 2.02. The van der Waals surface area contributed by atoms with Gasteiger partial charge < -0.3 is 0 Å². The third-order valence-electron chi connectivity index (χ3n) is 4.86. The molecular formula is C19H18FN. The summed E-state index contributed by atoms with van der Waals surface area (Å²) in [6.07, 6.45) is 0. The van der Waals surface area contributed by atoms with E-state index < -0.39 is 0 Å². The molecule has 0 saturated carbocycles. The molecule has 21 heavy (non-hydrogen) atoms. The van der Waals surface area contributed by atoms with Crippen LogP contribution in [0.5, 0.6) is 0 Å². The van der Waals surface area contributed by atoms with Gasteiger partial charge in [-0.05, 0) is 22.8 Å². The quantitative estimate of drug-likeness (QED) is 0.801. The van der Waals surface area contributed by atoms with Crippen LogP contribution in [0.25, 0.3) is 5.57 Å². The van der Waals surface area contributed by atoms with Gasteiger partial charge in [-0.25, -0.2) is 4.39 Å². The summed E-state index contributed by atoms with van der Waals surface area (Å²) in [5.74, 6) is 0.584. The van der Waals surface area contributed by atoms with E-state index in [1.54, 1.807) is 12.1 Å². The van der Waals surface area contributed by atoms with Crippen LogP contribution in [0.4, 0.5) is 4.39 Å². The first-order valence-electron chi connectivity index (χ1n) is 7.48. The van der Waals surface area contributed by atoms with Gasteiger partial charge in [-0.3, -0.25) is 4.90 Å². The SMILES string of the molecule is C=C1c2cccc(F)c2C2CN(Cc3ccccc3)CC12. The Bertz CT molecular complexity index is 692. The Kier molecular flexibility index (Phi) is 2.93. The molecule has 0 spiro atoms. The van der Waals surface area contributed by atoms with Crippen molar-refractivity contribution in [2.24, 2.45) is 5.92 Å². The molecule has 2 atom stereocenters. The van der Waals surface area contributed by atoms with Crippen molar-refractivity contribution in [1.29, 1.82) is 0 Å². The van der Waals surface area contributed by atoms with Gasteiger partial charge in [0.1, 0.15) is 5.82 Å². The monoisotopic (exact) mass is 279 g/mol. The van der Waals surface area contributed by atoms with Crippen molar-refractivity contribution in [3.8, 4) is 0 Å². The van der Waals surface area contributed by atoms with E-state index in [9.17, 15) is 4.39 Å². The first-order chi connectivity index (χ1) is 10.2. The molecule has 1 nitrogen and oxygen atoms in total. The van der Waals surface area contributed by atoms with Crippen LogP contribution in [0.1, 0.15) is 22.6 Å². The molecule has 2 aromatic rings. The Morgan fingerprint density at radius 1 is 1.00 bits per heavy atom. The van der Waals surface area contributed by atoms with E-state index in [0.717, 1.165) is 36.3 Å². The van der Waals surface area contributed by atoms with Crippen molar-refractivity contribution in [2.75, 3.05) is 13.1 Å². The average Bonchev–Trinajstić information content (AvgIpc) is 3.00. The summed E-state index contributed by atoms with van der Waals surface area (Å²) in [6.45, 7) is 7.06. The number of rotatable bonds is 2. The number of nitrogens with zero attached hydrogens (tertiary/aromatic N) is 1. The summed E-state index contributed by atoms with van der Waals surface area (Å²) in [5.41, 5.74) is 4.37. The highest BCUT2D eigenvalue weighted by Gasteiger charge is 2.43. The van der Waals surface area contributed by atoms with Gasteiger partial charge >= 0.3 is 0 Å². The van der Waals surface area contributed by atoms with Crippen LogP contribution in [-0.4, -0.2) is 18.0 Å². The van der Waals surface area contributed by atoms with Gasteiger partial charge in [0.05, 0.1) is 0 Å². The molecule has 0 bridgehead atoms. The predicted octanol–water partition coefficient (Wildman–Crippen LogP) is 4.07. The van der Waals surface area contributed by atoms with E-state index in [-0.39, 0.29) is 11.7 Å². The fraction of sp³-hybridized carbons (Fsp3) is 0.263. The van der Waals surface area contributed by atoms with Gasteiger partial charge in [0.2, 0.25) is 0 Å². The number of fused-ring (bicyclic) bond motifs is 3. The Balaban J connectivity index is 1.60. The van der Waals surface area contributed by atoms with Crippen molar-refractivity contribution in [2.45, 2.75) is 12.5 Å². The average molecular weight is 279 g/mol. The van der Waals surface area contributed by atoms with Gasteiger partial charge in [-0.2, -0.15) is 0 Å². The molecule has 4 rings (SSSR count). The van der Waals surface area contributed by atoms with Crippen molar-refractivity contribution in [3.63, 3.8) is 0 Å². The first-order valence-corrected chi connectivity index (χ1v) is 7.48. The normalized spacial score (nSPS) is 24.1. The molecule has 0 radical (unpaired) electrons. The highest BCUT2D eigenvalue weighted by atomic mass is 19.1. The van der Waals surface area contributed by atoms with Crippen molar-refractivity contribution < 1.29 is 4.39 Å². The van der Waals surface area contributed by atoms with Gasteiger partial charge in [0.25, 0.3) is 0 Å². The van der Waals surface area contributed by atoms with E-state index in [4.69, 9.17) is 0 Å². The highest BCUT2D eigenvalue weighted by Crippen LogP contribution is 2.50. The van der Waals surface area contributed by atoms with Gasteiger partial charge in [-0.15, -0.1) is 0 Å². The molecule has 1 saturated heterocycles. The van der Waals surface area contributed by atoms with Crippen molar-refractivity contribution >= 4 is 5.57 Å². The van der Waals surface area contributed by atoms with E-state index >= 15 is 0 Å². The van der Waals surface area contributed by atoms with Crippen LogP contribution in [-0.2, 0) is 6.54 Å². The largest absolute Gasteiger partial charge is 0.298 e. The smallest absolute Gasteiger partial charge is 0.127 e. The summed E-state index contributed by atoms with van der Waals surface area (Å²) < 4.78 is 14.2. The zero-order chi connectivity index (χ0) is 14.4. The highest BCUT2D eigenvalue weighted by molar-refractivity contribution is 5.75. The molecule has 2 aromatic carbocycles. The van der Waals surface area contributed by atoms with Crippen LogP contribution in [0, 0.1) is 11.7 Å². The molecule has 1 heterocycles. The number of halogens is 1. The van der Waals surface area contributed by atoms with Gasteiger partial charge in [0, 0.05) is 37.0 Å². The second-order valence-electron chi connectivity index (χ2n) is 6.12. The maximum Gasteiger partial charge on any atom is 0.127 e. The lowest BCUT2D eigenvalue weighted by Gasteiger charge is -2.18. The first kappa shape index (κ1) is 12.8. The van der Waals surface area contributed by atoms with Crippen LogP contribution >= 0.6 is 0 Å². The number of likely N-dealkylation sites (tertiary alicyclic amines) is 1. The molecule has 1 aliphatic carbocycles. The van der Waals surface area contributed by atoms with E-state index in [1.165, 1.54) is 5.56 Å². The molecule has 1 aliphatic heterocycles. The lowest BCUT2D eigenvalue weighted by molar-refractivity contribution is 0.321. The fourth-order valence-corrected chi connectivity index (χ4v) is 3.90. The standard InChI is InChI=1S/C19H18FN/c1-13-15-8-5-9-18(20)19(15)17-12-21(11-16(13)17)10-14-6-3-2-4-7-14/h2-9,16-17H,1,10-12H2. The minimum absolute atomic E-state index is 0.0669.